The van der Waals surface area contributed by atoms with Crippen molar-refractivity contribution in [2.45, 2.75) is 25.8 Å². The summed E-state index contributed by atoms with van der Waals surface area (Å²) in [4.78, 5) is 23.2. The molecule has 2 aromatic heterocycles. The monoisotopic (exact) mass is 364 g/mol. The highest BCUT2D eigenvalue weighted by Crippen LogP contribution is 2.28. The summed E-state index contributed by atoms with van der Waals surface area (Å²) >= 11 is 0. The molecule has 3 aromatic rings. The van der Waals surface area contributed by atoms with Crippen LogP contribution in [0, 0.1) is 12.7 Å². The largest absolute Gasteiger partial charge is 0.338 e. The highest BCUT2D eigenvalue weighted by Gasteiger charge is 2.31. The molecule has 1 saturated heterocycles. The number of benzene rings is 1. The van der Waals surface area contributed by atoms with Gasteiger partial charge < -0.3 is 9.47 Å². The van der Waals surface area contributed by atoms with Crippen LogP contribution in [0.5, 0.6) is 0 Å². The number of nitrogens with zero attached hydrogens (tertiary/aromatic N) is 4. The Morgan fingerprint density at radius 1 is 1.22 bits per heavy atom. The zero-order valence-electron chi connectivity index (χ0n) is 15.2. The number of carbonyl (C=O) groups excluding carboxylic acids is 1. The van der Waals surface area contributed by atoms with Crippen molar-refractivity contribution in [2.24, 2.45) is 0 Å². The van der Waals surface area contributed by atoms with Gasteiger partial charge in [0.1, 0.15) is 11.6 Å². The first-order valence-corrected chi connectivity index (χ1v) is 9.07. The van der Waals surface area contributed by atoms with Gasteiger partial charge >= 0.3 is 0 Å². The van der Waals surface area contributed by atoms with Crippen molar-refractivity contribution in [2.75, 3.05) is 13.1 Å². The van der Waals surface area contributed by atoms with Gasteiger partial charge in [0.25, 0.3) is 5.91 Å². The maximum absolute atomic E-state index is 13.2. The van der Waals surface area contributed by atoms with E-state index in [1.54, 1.807) is 36.7 Å². The molecule has 27 heavy (non-hydrogen) atoms. The molecule has 4 rings (SSSR count). The molecule has 0 spiro atoms. The van der Waals surface area contributed by atoms with Gasteiger partial charge in [-0.05, 0) is 43.2 Å². The van der Waals surface area contributed by atoms with E-state index >= 15 is 0 Å². The SMILES string of the molecule is Cc1cnc(C2CCN(C(=O)c3cccnc3)C2)n1Cc1ccc(F)cc1. The molecular formula is C21H21FN4O. The lowest BCUT2D eigenvalue weighted by Gasteiger charge is -2.17. The molecule has 1 unspecified atom stereocenters. The Hall–Kier alpha value is -3.02. The molecular weight excluding hydrogens is 343 g/mol. The van der Waals surface area contributed by atoms with E-state index in [-0.39, 0.29) is 17.6 Å². The molecule has 1 atom stereocenters. The number of likely N-dealkylation sites (tertiary alicyclic amines) is 1. The Morgan fingerprint density at radius 2 is 2.04 bits per heavy atom. The summed E-state index contributed by atoms with van der Waals surface area (Å²) in [5.41, 5.74) is 2.70. The van der Waals surface area contributed by atoms with E-state index in [4.69, 9.17) is 0 Å². The number of rotatable bonds is 4. The number of hydrogen-bond donors (Lipinski definition) is 0. The Kier molecular flexibility index (Phi) is 4.71. The zero-order valence-corrected chi connectivity index (χ0v) is 15.2. The van der Waals surface area contributed by atoms with Crippen molar-refractivity contribution >= 4 is 5.91 Å². The fourth-order valence-corrected chi connectivity index (χ4v) is 3.61. The van der Waals surface area contributed by atoms with E-state index in [2.05, 4.69) is 14.5 Å². The molecule has 0 aliphatic carbocycles. The number of pyridine rings is 1. The first kappa shape index (κ1) is 17.4. The van der Waals surface area contributed by atoms with Crippen molar-refractivity contribution in [3.05, 3.63) is 83.5 Å². The molecule has 1 aromatic carbocycles. The molecule has 1 amide bonds. The Labute approximate surface area is 157 Å². The van der Waals surface area contributed by atoms with Crippen LogP contribution in [0.25, 0.3) is 0 Å². The number of amides is 1. The maximum atomic E-state index is 13.2. The highest BCUT2D eigenvalue weighted by molar-refractivity contribution is 5.94. The van der Waals surface area contributed by atoms with Crippen LogP contribution in [0.3, 0.4) is 0 Å². The maximum Gasteiger partial charge on any atom is 0.255 e. The van der Waals surface area contributed by atoms with E-state index in [0.717, 1.165) is 23.5 Å². The molecule has 6 heteroatoms. The van der Waals surface area contributed by atoms with Crippen LogP contribution in [0.4, 0.5) is 4.39 Å². The molecule has 0 radical (unpaired) electrons. The third-order valence-corrected chi connectivity index (χ3v) is 5.09. The van der Waals surface area contributed by atoms with Crippen LogP contribution < -0.4 is 0 Å². The number of aromatic nitrogens is 3. The highest BCUT2D eigenvalue weighted by atomic mass is 19.1. The second kappa shape index (κ2) is 7.31. The number of halogens is 1. The molecule has 1 aliphatic heterocycles. The van der Waals surface area contributed by atoms with E-state index in [1.807, 2.05) is 18.0 Å². The van der Waals surface area contributed by atoms with Crippen LogP contribution in [0.2, 0.25) is 0 Å². The average molecular weight is 364 g/mol. The second-order valence-corrected chi connectivity index (χ2v) is 6.95. The summed E-state index contributed by atoms with van der Waals surface area (Å²) in [5, 5.41) is 0. The molecule has 0 N–H and O–H groups in total. The van der Waals surface area contributed by atoms with Crippen molar-refractivity contribution in [3.63, 3.8) is 0 Å². The predicted molar refractivity (Wildman–Crippen MR) is 100.0 cm³/mol. The smallest absolute Gasteiger partial charge is 0.255 e. The molecule has 0 bridgehead atoms. The lowest BCUT2D eigenvalue weighted by molar-refractivity contribution is 0.0790. The summed E-state index contributed by atoms with van der Waals surface area (Å²) in [7, 11) is 0. The summed E-state index contributed by atoms with van der Waals surface area (Å²) < 4.78 is 15.3. The van der Waals surface area contributed by atoms with E-state index in [0.29, 0.717) is 25.2 Å². The molecule has 3 heterocycles. The molecule has 0 saturated carbocycles. The van der Waals surface area contributed by atoms with Gasteiger partial charge in [0.2, 0.25) is 0 Å². The van der Waals surface area contributed by atoms with Crippen molar-refractivity contribution in [3.8, 4) is 0 Å². The third-order valence-electron chi connectivity index (χ3n) is 5.09. The van der Waals surface area contributed by atoms with Gasteiger partial charge in [0.15, 0.2) is 0 Å². The van der Waals surface area contributed by atoms with Gasteiger partial charge in [-0.1, -0.05) is 12.1 Å². The van der Waals surface area contributed by atoms with Crippen LogP contribution in [-0.2, 0) is 6.54 Å². The molecule has 1 fully saturated rings. The van der Waals surface area contributed by atoms with E-state index in [1.165, 1.54) is 12.1 Å². The Morgan fingerprint density at radius 3 is 2.78 bits per heavy atom. The van der Waals surface area contributed by atoms with Gasteiger partial charge in [-0.2, -0.15) is 0 Å². The summed E-state index contributed by atoms with van der Waals surface area (Å²) in [6, 6.07) is 10.1. The number of carbonyl (C=O) groups is 1. The molecule has 1 aliphatic rings. The van der Waals surface area contributed by atoms with E-state index < -0.39 is 0 Å². The quantitative estimate of drug-likeness (QED) is 0.713. The van der Waals surface area contributed by atoms with Crippen molar-refractivity contribution in [1.82, 2.24) is 19.4 Å². The van der Waals surface area contributed by atoms with Crippen LogP contribution in [0.1, 0.15) is 39.8 Å². The topological polar surface area (TPSA) is 51.0 Å². The zero-order chi connectivity index (χ0) is 18.8. The number of hydrogen-bond acceptors (Lipinski definition) is 3. The summed E-state index contributed by atoms with van der Waals surface area (Å²) in [5.74, 6) is 0.957. The van der Waals surface area contributed by atoms with Gasteiger partial charge in [-0.25, -0.2) is 9.37 Å². The standard InChI is InChI=1S/C21H21FN4O/c1-15-11-24-20(26(15)13-16-4-6-19(22)7-5-16)18-8-10-25(14-18)21(27)17-3-2-9-23-12-17/h2-7,9,11-12,18H,8,10,13-14H2,1H3. The first-order chi connectivity index (χ1) is 13.1. The average Bonchev–Trinajstić information content (AvgIpc) is 3.31. The van der Waals surface area contributed by atoms with E-state index in [9.17, 15) is 9.18 Å². The first-order valence-electron chi connectivity index (χ1n) is 9.07. The van der Waals surface area contributed by atoms with Crippen molar-refractivity contribution in [1.29, 1.82) is 0 Å². The van der Waals surface area contributed by atoms with Crippen molar-refractivity contribution < 1.29 is 9.18 Å². The fourth-order valence-electron chi connectivity index (χ4n) is 3.61. The minimum atomic E-state index is -0.235. The predicted octanol–water partition coefficient (Wildman–Crippen LogP) is 3.40. The number of aryl methyl sites for hydroxylation is 1. The molecule has 5 nitrogen and oxygen atoms in total. The van der Waals surface area contributed by atoms with Gasteiger partial charge in [-0.3, -0.25) is 9.78 Å². The Balaban J connectivity index is 1.51. The lowest BCUT2D eigenvalue weighted by atomic mass is 10.1. The van der Waals surface area contributed by atoms with Gasteiger partial charge in [0.05, 0.1) is 5.56 Å². The fraction of sp³-hybridized carbons (Fsp3) is 0.286. The number of imidazole rings is 1. The Bertz CT molecular complexity index is 937. The molecule has 138 valence electrons. The minimum absolute atomic E-state index is 0.0129. The summed E-state index contributed by atoms with van der Waals surface area (Å²) in [6.07, 6.45) is 6.02. The van der Waals surface area contributed by atoms with Crippen LogP contribution in [0.15, 0.2) is 55.0 Å². The van der Waals surface area contributed by atoms with Gasteiger partial charge in [0, 0.05) is 49.8 Å². The third kappa shape index (κ3) is 3.60. The second-order valence-electron chi connectivity index (χ2n) is 6.95. The van der Waals surface area contributed by atoms with Crippen LogP contribution in [-0.4, -0.2) is 38.4 Å². The normalized spacial score (nSPS) is 16.7. The lowest BCUT2D eigenvalue weighted by Crippen LogP contribution is -2.28. The minimum Gasteiger partial charge on any atom is -0.338 e. The van der Waals surface area contributed by atoms with Gasteiger partial charge in [-0.15, -0.1) is 0 Å². The summed E-state index contributed by atoms with van der Waals surface area (Å²) in [6.45, 7) is 4.02. The van der Waals surface area contributed by atoms with Crippen LogP contribution >= 0.6 is 0 Å².